The first kappa shape index (κ1) is 9.79. The normalized spacial score (nSPS) is 16.1. The van der Waals surface area contributed by atoms with Crippen LogP contribution in [0.25, 0.3) is 0 Å². The quantitative estimate of drug-likeness (QED) is 0.393. The number of carbonyl (C=O) groups is 1. The van der Waals surface area contributed by atoms with Gasteiger partial charge < -0.3 is 4.74 Å². The van der Waals surface area contributed by atoms with Crippen LogP contribution in [0.3, 0.4) is 0 Å². The smallest absolute Gasteiger partial charge is 0.384 e. The van der Waals surface area contributed by atoms with Crippen molar-refractivity contribution in [1.29, 1.82) is 0 Å². The van der Waals surface area contributed by atoms with Gasteiger partial charge in [-0.25, -0.2) is 4.79 Å². The zero-order valence-electron chi connectivity index (χ0n) is 8.62. The Morgan fingerprint density at radius 1 is 1.33 bits per heavy atom. The lowest BCUT2D eigenvalue weighted by Gasteiger charge is -2.06. The average Bonchev–Trinajstić information content (AvgIpc) is 3.08. The number of carbonyl (C=O) groups excluding carboxylic acids is 1. The van der Waals surface area contributed by atoms with Gasteiger partial charge in [-0.1, -0.05) is 36.3 Å². The zero-order chi connectivity index (χ0) is 10.7. The molecule has 0 radical (unpaired) electrons. The zero-order valence-corrected chi connectivity index (χ0v) is 8.62. The largest absolute Gasteiger partial charge is 0.459 e. The molecule has 0 amide bonds. The maximum atomic E-state index is 10.9. The van der Waals surface area contributed by atoms with E-state index in [2.05, 4.69) is 28.7 Å². The van der Waals surface area contributed by atoms with Gasteiger partial charge in [-0.2, -0.15) is 0 Å². The average molecular weight is 200 g/mol. The van der Waals surface area contributed by atoms with Crippen LogP contribution in [0.2, 0.25) is 0 Å². The van der Waals surface area contributed by atoms with Gasteiger partial charge in [0.25, 0.3) is 0 Å². The molecule has 1 fully saturated rings. The van der Waals surface area contributed by atoms with E-state index in [9.17, 15) is 4.79 Å². The van der Waals surface area contributed by atoms with Crippen LogP contribution in [0.1, 0.15) is 18.4 Å². The Bertz CT molecular complexity index is 419. The van der Waals surface area contributed by atoms with Crippen molar-refractivity contribution in [2.75, 3.05) is 7.11 Å². The van der Waals surface area contributed by atoms with E-state index in [0.717, 1.165) is 12.8 Å². The minimum Gasteiger partial charge on any atom is -0.459 e. The van der Waals surface area contributed by atoms with Crippen LogP contribution in [-0.4, -0.2) is 13.1 Å². The molecule has 0 N–H and O–H groups in total. The third-order valence-corrected chi connectivity index (χ3v) is 2.67. The molecule has 2 nitrogen and oxygen atoms in total. The van der Waals surface area contributed by atoms with Crippen LogP contribution in [0.4, 0.5) is 0 Å². The molecule has 0 saturated heterocycles. The Morgan fingerprint density at radius 3 is 2.53 bits per heavy atom. The summed E-state index contributed by atoms with van der Waals surface area (Å²) >= 11 is 0. The molecule has 1 aliphatic carbocycles. The summed E-state index contributed by atoms with van der Waals surface area (Å²) in [6, 6.07) is 10.1. The van der Waals surface area contributed by atoms with Crippen molar-refractivity contribution in [2.24, 2.45) is 0 Å². The first-order chi connectivity index (χ1) is 7.27. The predicted octanol–water partition coefficient (Wildman–Crippen LogP) is 1.89. The predicted molar refractivity (Wildman–Crippen MR) is 57.1 cm³/mol. The highest BCUT2D eigenvalue weighted by Gasteiger charge is 2.42. The summed E-state index contributed by atoms with van der Waals surface area (Å²) in [4.78, 5) is 10.9. The van der Waals surface area contributed by atoms with Crippen molar-refractivity contribution in [3.63, 3.8) is 0 Å². The lowest BCUT2D eigenvalue weighted by atomic mass is 9.97. The summed E-state index contributed by atoms with van der Waals surface area (Å²) in [7, 11) is 1.35. The number of esters is 1. The van der Waals surface area contributed by atoms with Gasteiger partial charge in [0.2, 0.25) is 0 Å². The molecule has 0 aliphatic heterocycles. The summed E-state index contributed by atoms with van der Waals surface area (Å²) < 4.78 is 4.50. The van der Waals surface area contributed by atoms with E-state index in [-0.39, 0.29) is 5.41 Å². The Hall–Kier alpha value is -1.75. The third-order valence-electron chi connectivity index (χ3n) is 2.67. The highest BCUT2D eigenvalue weighted by atomic mass is 16.5. The van der Waals surface area contributed by atoms with Gasteiger partial charge in [0.1, 0.15) is 0 Å². The lowest BCUT2D eigenvalue weighted by molar-refractivity contribution is -0.133. The molecule has 0 spiro atoms. The van der Waals surface area contributed by atoms with Crippen molar-refractivity contribution in [3.05, 3.63) is 35.9 Å². The summed E-state index contributed by atoms with van der Waals surface area (Å²) in [6.07, 6.45) is 2.06. The Morgan fingerprint density at radius 2 is 2.00 bits per heavy atom. The highest BCUT2D eigenvalue weighted by Crippen LogP contribution is 2.47. The standard InChI is InChI=1S/C13H12O2/c1-15-12(14)7-8-13(9-10-13)11-5-3-2-4-6-11/h2-6H,9-10H2,1H3. The van der Waals surface area contributed by atoms with E-state index < -0.39 is 5.97 Å². The molecule has 0 unspecified atom stereocenters. The molecular formula is C13H12O2. The summed E-state index contributed by atoms with van der Waals surface area (Å²) in [5, 5.41) is 0. The van der Waals surface area contributed by atoms with Crippen molar-refractivity contribution in [1.82, 2.24) is 0 Å². The van der Waals surface area contributed by atoms with Crippen LogP contribution < -0.4 is 0 Å². The van der Waals surface area contributed by atoms with Crippen molar-refractivity contribution in [2.45, 2.75) is 18.3 Å². The number of rotatable bonds is 1. The maximum Gasteiger partial charge on any atom is 0.384 e. The van der Waals surface area contributed by atoms with Gasteiger partial charge in [0, 0.05) is 5.92 Å². The van der Waals surface area contributed by atoms with E-state index in [0.29, 0.717) is 0 Å². The van der Waals surface area contributed by atoms with Crippen molar-refractivity contribution < 1.29 is 9.53 Å². The SMILES string of the molecule is COC(=O)C#CC1(c2ccccc2)CC1. The summed E-state index contributed by atoms with van der Waals surface area (Å²) in [5.41, 5.74) is 1.11. The van der Waals surface area contributed by atoms with Crippen LogP contribution in [-0.2, 0) is 14.9 Å². The van der Waals surface area contributed by atoms with Crippen LogP contribution >= 0.6 is 0 Å². The molecule has 0 atom stereocenters. The van der Waals surface area contributed by atoms with Gasteiger partial charge in [-0.05, 0) is 18.4 Å². The molecule has 1 aromatic rings. The first-order valence-electron chi connectivity index (χ1n) is 4.93. The molecule has 2 rings (SSSR count). The van der Waals surface area contributed by atoms with Gasteiger partial charge in [0.15, 0.2) is 0 Å². The summed E-state index contributed by atoms with van der Waals surface area (Å²) in [6.45, 7) is 0. The minimum atomic E-state index is -0.461. The number of methoxy groups -OCH3 is 1. The maximum absolute atomic E-state index is 10.9. The molecule has 0 bridgehead atoms. The number of hydrogen-bond acceptors (Lipinski definition) is 2. The van der Waals surface area contributed by atoms with Crippen molar-refractivity contribution in [3.8, 4) is 11.8 Å². The minimum absolute atomic E-state index is 0.0878. The van der Waals surface area contributed by atoms with Gasteiger partial charge in [0.05, 0.1) is 12.5 Å². The van der Waals surface area contributed by atoms with Gasteiger partial charge >= 0.3 is 5.97 Å². The molecule has 1 saturated carbocycles. The molecule has 15 heavy (non-hydrogen) atoms. The third kappa shape index (κ3) is 2.02. The Labute approximate surface area is 89.3 Å². The van der Waals surface area contributed by atoms with Crippen molar-refractivity contribution >= 4 is 5.97 Å². The fraction of sp³-hybridized carbons (Fsp3) is 0.308. The Kier molecular flexibility index (Phi) is 2.47. The first-order valence-corrected chi connectivity index (χ1v) is 4.93. The molecule has 0 aromatic heterocycles. The molecule has 0 heterocycles. The number of ether oxygens (including phenoxy) is 1. The second-order valence-electron chi connectivity index (χ2n) is 3.69. The van der Waals surface area contributed by atoms with Gasteiger partial charge in [-0.3, -0.25) is 0 Å². The second-order valence-corrected chi connectivity index (χ2v) is 3.69. The van der Waals surface area contributed by atoms with Gasteiger partial charge in [-0.15, -0.1) is 0 Å². The summed E-state index contributed by atoms with van der Waals surface area (Å²) in [5.74, 6) is 5.07. The second kappa shape index (κ2) is 3.78. The molecule has 76 valence electrons. The molecular weight excluding hydrogens is 188 g/mol. The van der Waals surface area contributed by atoms with E-state index in [1.807, 2.05) is 18.2 Å². The number of benzene rings is 1. The van der Waals surface area contributed by atoms with Crippen LogP contribution in [0, 0.1) is 11.8 Å². The number of hydrogen-bond donors (Lipinski definition) is 0. The Balaban J connectivity index is 2.21. The van der Waals surface area contributed by atoms with E-state index in [1.165, 1.54) is 12.7 Å². The monoisotopic (exact) mass is 200 g/mol. The fourth-order valence-electron chi connectivity index (χ4n) is 1.59. The van der Waals surface area contributed by atoms with E-state index >= 15 is 0 Å². The molecule has 2 heteroatoms. The van der Waals surface area contributed by atoms with E-state index in [1.54, 1.807) is 0 Å². The molecule has 1 aliphatic rings. The highest BCUT2D eigenvalue weighted by molar-refractivity contribution is 5.88. The topological polar surface area (TPSA) is 26.3 Å². The van der Waals surface area contributed by atoms with Crippen LogP contribution in [0.15, 0.2) is 30.3 Å². The van der Waals surface area contributed by atoms with Crippen LogP contribution in [0.5, 0.6) is 0 Å². The van der Waals surface area contributed by atoms with E-state index in [4.69, 9.17) is 0 Å². The lowest BCUT2D eigenvalue weighted by Crippen LogP contribution is -2.04. The molecule has 1 aromatic carbocycles. The fourth-order valence-corrected chi connectivity index (χ4v) is 1.59.